The van der Waals surface area contributed by atoms with Gasteiger partial charge < -0.3 is 10.7 Å². The van der Waals surface area contributed by atoms with Gasteiger partial charge in [-0.1, -0.05) is 11.6 Å². The van der Waals surface area contributed by atoms with Crippen LogP contribution in [0.15, 0.2) is 30.5 Å². The second kappa shape index (κ2) is 5.17. The summed E-state index contributed by atoms with van der Waals surface area (Å²) in [4.78, 5) is 18.6. The number of pyridine rings is 1. The summed E-state index contributed by atoms with van der Waals surface area (Å²) in [5.41, 5.74) is 9.27. The number of nitrogens with two attached hydrogens (primary N) is 1. The number of nitriles is 1. The maximum atomic E-state index is 11.5. The molecule has 0 bridgehead atoms. The number of primary amides is 1. The zero-order valence-electron chi connectivity index (χ0n) is 11.6. The maximum Gasteiger partial charge on any atom is 0.265 e. The minimum absolute atomic E-state index is 0.339. The lowest BCUT2D eigenvalue weighted by Gasteiger charge is -2.05. The largest absolute Gasteiger partial charge is 0.364 e. The molecule has 0 saturated heterocycles. The Hall–Kier alpha value is -2.84. The number of carbonyl (C=O) groups is 1. The molecule has 22 heavy (non-hydrogen) atoms. The Balaban J connectivity index is 2.41. The number of rotatable bonds is 2. The van der Waals surface area contributed by atoms with E-state index in [-0.39, 0.29) is 0 Å². The number of hydrogen-bond donors (Lipinski definition) is 2. The van der Waals surface area contributed by atoms with Crippen LogP contribution < -0.4 is 5.73 Å². The fraction of sp³-hybridized carbons (Fsp3) is 0.0625. The standard InChI is InChI=1S/C16H11ClN4O/c1-8-11-4-9(7-18)5-12(10-2-3-20-13(17)6-10)15(11)21-14(8)16(19)22/h2-6,21H,1H3,(H2,19,22). The molecule has 1 aromatic carbocycles. The predicted molar refractivity (Wildman–Crippen MR) is 84.5 cm³/mol. The van der Waals surface area contributed by atoms with E-state index in [0.29, 0.717) is 16.4 Å². The van der Waals surface area contributed by atoms with Crippen LogP contribution in [0.25, 0.3) is 22.0 Å². The van der Waals surface area contributed by atoms with E-state index in [1.807, 2.05) is 0 Å². The van der Waals surface area contributed by atoms with E-state index in [1.54, 1.807) is 37.4 Å². The van der Waals surface area contributed by atoms with Gasteiger partial charge >= 0.3 is 0 Å². The van der Waals surface area contributed by atoms with Gasteiger partial charge in [0.2, 0.25) is 0 Å². The number of hydrogen-bond acceptors (Lipinski definition) is 3. The van der Waals surface area contributed by atoms with E-state index in [1.165, 1.54) is 0 Å². The van der Waals surface area contributed by atoms with Gasteiger partial charge in [-0.15, -0.1) is 0 Å². The average molecular weight is 311 g/mol. The monoisotopic (exact) mass is 310 g/mol. The van der Waals surface area contributed by atoms with Gasteiger partial charge in [0, 0.05) is 17.1 Å². The lowest BCUT2D eigenvalue weighted by atomic mass is 9.99. The Morgan fingerprint density at radius 1 is 1.41 bits per heavy atom. The zero-order chi connectivity index (χ0) is 15.9. The van der Waals surface area contributed by atoms with E-state index in [4.69, 9.17) is 17.3 Å². The van der Waals surface area contributed by atoms with E-state index in [0.717, 1.165) is 27.6 Å². The van der Waals surface area contributed by atoms with E-state index in [2.05, 4.69) is 16.0 Å². The van der Waals surface area contributed by atoms with Gasteiger partial charge in [-0.05, 0) is 42.3 Å². The number of aromatic amines is 1. The maximum absolute atomic E-state index is 11.5. The first-order valence-corrected chi connectivity index (χ1v) is 6.87. The van der Waals surface area contributed by atoms with Crippen LogP contribution in [-0.4, -0.2) is 15.9 Å². The van der Waals surface area contributed by atoms with Crippen molar-refractivity contribution in [2.24, 2.45) is 5.73 Å². The molecule has 0 spiro atoms. The predicted octanol–water partition coefficient (Wildman–Crippen LogP) is 3.16. The van der Waals surface area contributed by atoms with Crippen molar-refractivity contribution in [3.63, 3.8) is 0 Å². The molecule has 0 radical (unpaired) electrons. The molecule has 0 fully saturated rings. The van der Waals surface area contributed by atoms with E-state index in [9.17, 15) is 10.1 Å². The first kappa shape index (κ1) is 14.1. The molecule has 3 rings (SSSR count). The molecule has 0 aliphatic carbocycles. The van der Waals surface area contributed by atoms with Crippen LogP contribution in [0.2, 0.25) is 5.15 Å². The average Bonchev–Trinajstić information content (AvgIpc) is 2.84. The first-order valence-electron chi connectivity index (χ1n) is 6.49. The van der Waals surface area contributed by atoms with Crippen LogP contribution in [0, 0.1) is 18.3 Å². The third kappa shape index (κ3) is 2.20. The third-order valence-corrected chi connectivity index (χ3v) is 3.79. The number of halogens is 1. The zero-order valence-corrected chi connectivity index (χ0v) is 12.4. The number of aromatic nitrogens is 2. The van der Waals surface area contributed by atoms with Crippen molar-refractivity contribution in [2.75, 3.05) is 0 Å². The number of carbonyl (C=O) groups excluding carboxylic acids is 1. The van der Waals surface area contributed by atoms with Gasteiger partial charge in [0.25, 0.3) is 5.91 Å². The SMILES string of the molecule is Cc1c(C(N)=O)[nH]c2c(-c3ccnc(Cl)c3)cc(C#N)cc12. The molecule has 6 heteroatoms. The lowest BCUT2D eigenvalue weighted by Crippen LogP contribution is -2.12. The Bertz CT molecular complexity index is 953. The molecule has 5 nitrogen and oxygen atoms in total. The summed E-state index contributed by atoms with van der Waals surface area (Å²) in [6.45, 7) is 1.80. The van der Waals surface area contributed by atoms with Crippen LogP contribution in [0.3, 0.4) is 0 Å². The van der Waals surface area contributed by atoms with Crippen molar-refractivity contribution < 1.29 is 4.79 Å². The molecule has 0 aliphatic heterocycles. The lowest BCUT2D eigenvalue weighted by molar-refractivity contribution is 0.0996. The second-order valence-electron chi connectivity index (χ2n) is 4.91. The number of nitrogens with one attached hydrogen (secondary N) is 1. The smallest absolute Gasteiger partial charge is 0.265 e. The van der Waals surface area contributed by atoms with Gasteiger partial charge in [0.1, 0.15) is 10.8 Å². The molecule has 2 heterocycles. The first-order chi connectivity index (χ1) is 10.5. The highest BCUT2D eigenvalue weighted by atomic mass is 35.5. The van der Waals surface area contributed by atoms with Crippen molar-refractivity contribution in [1.29, 1.82) is 5.26 Å². The van der Waals surface area contributed by atoms with E-state index >= 15 is 0 Å². The van der Waals surface area contributed by atoms with Gasteiger partial charge in [-0.25, -0.2) is 4.98 Å². The summed E-state index contributed by atoms with van der Waals surface area (Å²) in [5.74, 6) is -0.536. The molecule has 0 atom stereocenters. The normalized spacial score (nSPS) is 10.6. The molecule has 0 saturated carbocycles. The molecule has 0 unspecified atom stereocenters. The fourth-order valence-electron chi connectivity index (χ4n) is 2.53. The Morgan fingerprint density at radius 2 is 2.18 bits per heavy atom. The summed E-state index contributed by atoms with van der Waals surface area (Å²) in [6.07, 6.45) is 1.59. The quantitative estimate of drug-likeness (QED) is 0.712. The van der Waals surface area contributed by atoms with Crippen molar-refractivity contribution in [2.45, 2.75) is 6.92 Å². The Labute approximate surface area is 131 Å². The topological polar surface area (TPSA) is 95.6 Å². The summed E-state index contributed by atoms with van der Waals surface area (Å²) >= 11 is 5.95. The molecule has 1 amide bonds. The second-order valence-corrected chi connectivity index (χ2v) is 5.30. The fourth-order valence-corrected chi connectivity index (χ4v) is 2.71. The van der Waals surface area contributed by atoms with Crippen molar-refractivity contribution >= 4 is 28.4 Å². The van der Waals surface area contributed by atoms with Crippen LogP contribution in [0.1, 0.15) is 21.6 Å². The molecular weight excluding hydrogens is 300 g/mol. The molecular formula is C16H11ClN4O. The Morgan fingerprint density at radius 3 is 2.82 bits per heavy atom. The molecule has 3 N–H and O–H groups in total. The van der Waals surface area contributed by atoms with Gasteiger partial charge in [0.05, 0.1) is 17.1 Å². The van der Waals surface area contributed by atoms with Gasteiger partial charge in [-0.3, -0.25) is 4.79 Å². The summed E-state index contributed by atoms with van der Waals surface area (Å²) in [7, 11) is 0. The van der Waals surface area contributed by atoms with Crippen molar-refractivity contribution in [1.82, 2.24) is 9.97 Å². The van der Waals surface area contributed by atoms with Crippen LogP contribution in [-0.2, 0) is 0 Å². The molecule has 108 valence electrons. The summed E-state index contributed by atoms with van der Waals surface area (Å²) in [5, 5.41) is 10.4. The molecule has 3 aromatic rings. The number of aryl methyl sites for hydroxylation is 1. The minimum atomic E-state index is -0.536. The number of H-pyrrole nitrogens is 1. The highest BCUT2D eigenvalue weighted by Crippen LogP contribution is 2.33. The third-order valence-electron chi connectivity index (χ3n) is 3.58. The number of amides is 1. The highest BCUT2D eigenvalue weighted by molar-refractivity contribution is 6.29. The molecule has 0 aliphatic rings. The molecule has 2 aromatic heterocycles. The van der Waals surface area contributed by atoms with Crippen molar-refractivity contribution in [3.05, 3.63) is 52.4 Å². The number of fused-ring (bicyclic) bond motifs is 1. The van der Waals surface area contributed by atoms with E-state index < -0.39 is 5.91 Å². The van der Waals surface area contributed by atoms with Crippen LogP contribution in [0.5, 0.6) is 0 Å². The Kier molecular flexibility index (Phi) is 3.32. The summed E-state index contributed by atoms with van der Waals surface area (Å²) < 4.78 is 0. The number of nitrogens with zero attached hydrogens (tertiary/aromatic N) is 2. The minimum Gasteiger partial charge on any atom is -0.364 e. The van der Waals surface area contributed by atoms with Crippen LogP contribution in [0.4, 0.5) is 0 Å². The highest BCUT2D eigenvalue weighted by Gasteiger charge is 2.16. The van der Waals surface area contributed by atoms with Crippen LogP contribution >= 0.6 is 11.6 Å². The van der Waals surface area contributed by atoms with Gasteiger partial charge in [0.15, 0.2) is 0 Å². The van der Waals surface area contributed by atoms with Crippen molar-refractivity contribution in [3.8, 4) is 17.2 Å². The number of benzene rings is 1. The summed E-state index contributed by atoms with van der Waals surface area (Å²) in [6, 6.07) is 9.11. The van der Waals surface area contributed by atoms with Gasteiger partial charge in [-0.2, -0.15) is 5.26 Å².